The molecule has 6 heteroatoms. The van der Waals surface area contributed by atoms with Crippen molar-refractivity contribution in [3.05, 3.63) is 11.9 Å². The molecule has 4 N–H and O–H groups in total. The molecule has 0 fully saturated rings. The van der Waals surface area contributed by atoms with E-state index < -0.39 is 0 Å². The molecule has 6 nitrogen and oxygen atoms in total. The minimum Gasteiger partial charge on any atom is -0.395 e. The number of aliphatic hydroxyl groups is 1. The fraction of sp³-hybridized carbons (Fsp3) is 0.714. The molecule has 0 radical (unpaired) electrons. The van der Waals surface area contributed by atoms with Crippen molar-refractivity contribution < 1.29 is 5.11 Å². The Morgan fingerprint density at radius 1 is 1.30 bits per heavy atom. The van der Waals surface area contributed by atoms with Crippen LogP contribution in [0.5, 0.6) is 0 Å². The third-order valence-electron chi connectivity index (χ3n) is 3.40. The van der Waals surface area contributed by atoms with Crippen molar-refractivity contribution in [2.24, 2.45) is 5.84 Å². The van der Waals surface area contributed by atoms with Gasteiger partial charge in [-0.15, -0.1) is 0 Å². The van der Waals surface area contributed by atoms with Crippen LogP contribution in [0.1, 0.15) is 45.9 Å². The maximum absolute atomic E-state index is 9.31. The van der Waals surface area contributed by atoms with Gasteiger partial charge in [0.15, 0.2) is 0 Å². The zero-order valence-electron chi connectivity index (χ0n) is 12.8. The molecule has 0 bridgehead atoms. The number of nitrogens with zero attached hydrogens (tertiary/aromatic N) is 3. The molecule has 114 valence electrons. The number of nitrogen functional groups attached to an aromatic ring is 1. The number of hydrogen-bond donors (Lipinski definition) is 3. The van der Waals surface area contributed by atoms with Gasteiger partial charge in [0.25, 0.3) is 0 Å². The lowest BCUT2D eigenvalue weighted by Crippen LogP contribution is -2.37. The molecule has 1 heterocycles. The average Bonchev–Trinajstić information content (AvgIpc) is 2.47. The minimum absolute atomic E-state index is 0.106. The number of hydrazine groups is 1. The van der Waals surface area contributed by atoms with Crippen LogP contribution in [0.3, 0.4) is 0 Å². The molecule has 0 amide bonds. The van der Waals surface area contributed by atoms with Crippen molar-refractivity contribution in [1.82, 2.24) is 9.97 Å². The van der Waals surface area contributed by atoms with Gasteiger partial charge in [-0.05, 0) is 19.3 Å². The van der Waals surface area contributed by atoms with Crippen molar-refractivity contribution in [3.8, 4) is 0 Å². The topological polar surface area (TPSA) is 87.3 Å². The zero-order chi connectivity index (χ0) is 15.0. The van der Waals surface area contributed by atoms with E-state index in [1.54, 1.807) is 0 Å². The molecular weight excluding hydrogens is 254 g/mol. The van der Waals surface area contributed by atoms with Crippen LogP contribution in [-0.2, 0) is 6.42 Å². The Morgan fingerprint density at radius 2 is 2.00 bits per heavy atom. The average molecular weight is 281 g/mol. The Hall–Kier alpha value is -1.40. The fourth-order valence-electron chi connectivity index (χ4n) is 2.36. The normalized spacial score (nSPS) is 10.9. The van der Waals surface area contributed by atoms with E-state index in [1.165, 1.54) is 0 Å². The van der Waals surface area contributed by atoms with Crippen molar-refractivity contribution in [2.75, 3.05) is 23.5 Å². The van der Waals surface area contributed by atoms with Crippen molar-refractivity contribution in [2.45, 2.75) is 52.5 Å². The second kappa shape index (κ2) is 8.71. The summed E-state index contributed by atoms with van der Waals surface area (Å²) in [5.41, 5.74) is 2.60. The van der Waals surface area contributed by atoms with Gasteiger partial charge in [-0.1, -0.05) is 20.8 Å². The van der Waals surface area contributed by atoms with Gasteiger partial charge in [-0.25, -0.2) is 15.8 Å². The number of rotatable bonds is 9. The van der Waals surface area contributed by atoms with Crippen LogP contribution in [0.25, 0.3) is 0 Å². The van der Waals surface area contributed by atoms with E-state index in [2.05, 4.69) is 41.1 Å². The largest absolute Gasteiger partial charge is 0.395 e. The molecule has 20 heavy (non-hydrogen) atoms. The second-order valence-corrected chi connectivity index (χ2v) is 4.81. The molecule has 0 unspecified atom stereocenters. The van der Waals surface area contributed by atoms with E-state index in [0.29, 0.717) is 18.4 Å². The summed E-state index contributed by atoms with van der Waals surface area (Å²) in [7, 11) is 0. The van der Waals surface area contributed by atoms with Gasteiger partial charge in [-0.2, -0.15) is 0 Å². The summed E-state index contributed by atoms with van der Waals surface area (Å²) in [4.78, 5) is 11.1. The van der Waals surface area contributed by atoms with Gasteiger partial charge in [0, 0.05) is 25.1 Å². The highest BCUT2D eigenvalue weighted by molar-refractivity contribution is 5.49. The molecule has 1 aromatic heterocycles. The highest BCUT2D eigenvalue weighted by Gasteiger charge is 2.18. The molecule has 0 aliphatic carbocycles. The summed E-state index contributed by atoms with van der Waals surface area (Å²) >= 11 is 0. The predicted octanol–water partition coefficient (Wildman–Crippen LogP) is 1.70. The first-order chi connectivity index (χ1) is 9.69. The van der Waals surface area contributed by atoms with Crippen LogP contribution in [0.15, 0.2) is 6.07 Å². The summed E-state index contributed by atoms with van der Waals surface area (Å²) in [6.45, 7) is 7.06. The maximum Gasteiger partial charge on any atom is 0.145 e. The van der Waals surface area contributed by atoms with Gasteiger partial charge in [0.1, 0.15) is 17.5 Å². The zero-order valence-corrected chi connectivity index (χ0v) is 12.8. The van der Waals surface area contributed by atoms with Gasteiger partial charge in [-0.3, -0.25) is 0 Å². The van der Waals surface area contributed by atoms with Crippen LogP contribution >= 0.6 is 0 Å². The first-order valence-electron chi connectivity index (χ1n) is 7.42. The van der Waals surface area contributed by atoms with E-state index >= 15 is 0 Å². The lowest BCUT2D eigenvalue weighted by Gasteiger charge is -2.31. The smallest absolute Gasteiger partial charge is 0.145 e. The molecule has 0 aliphatic rings. The van der Waals surface area contributed by atoms with E-state index in [1.807, 2.05) is 6.07 Å². The van der Waals surface area contributed by atoms with Crippen LogP contribution < -0.4 is 16.2 Å². The molecule has 0 spiro atoms. The Balaban J connectivity index is 3.13. The Bertz CT molecular complexity index is 395. The Kier molecular flexibility index (Phi) is 7.25. The Morgan fingerprint density at radius 3 is 2.50 bits per heavy atom. The van der Waals surface area contributed by atoms with Gasteiger partial charge < -0.3 is 15.4 Å². The second-order valence-electron chi connectivity index (χ2n) is 4.81. The summed E-state index contributed by atoms with van der Waals surface area (Å²) in [5, 5.41) is 9.31. The van der Waals surface area contributed by atoms with Crippen LogP contribution in [-0.4, -0.2) is 34.3 Å². The number of anilines is 2. The summed E-state index contributed by atoms with van der Waals surface area (Å²) in [6, 6.07) is 2.20. The lowest BCUT2D eigenvalue weighted by molar-refractivity contribution is 0.295. The monoisotopic (exact) mass is 281 g/mol. The number of aliphatic hydroxyl groups excluding tert-OH is 1. The quantitative estimate of drug-likeness (QED) is 0.472. The maximum atomic E-state index is 9.31. The number of nitrogens with one attached hydrogen (secondary N) is 1. The summed E-state index contributed by atoms with van der Waals surface area (Å²) < 4.78 is 0. The number of aromatic nitrogens is 2. The van der Waals surface area contributed by atoms with Crippen molar-refractivity contribution >= 4 is 11.6 Å². The third-order valence-corrected chi connectivity index (χ3v) is 3.40. The standard InChI is InChI=1S/C14H27N5O/c1-4-7-12-16-13(18-15)10-14(17-12)19(8-9-20)11(5-2)6-3/h10-11,20H,4-9,15H2,1-3H3,(H,16,17,18). The van der Waals surface area contributed by atoms with E-state index in [9.17, 15) is 5.11 Å². The highest BCUT2D eigenvalue weighted by atomic mass is 16.3. The number of nitrogens with two attached hydrogens (primary N) is 1. The Labute approximate surface area is 121 Å². The molecule has 0 saturated heterocycles. The van der Waals surface area contributed by atoms with Gasteiger partial charge >= 0.3 is 0 Å². The minimum atomic E-state index is 0.106. The third kappa shape index (κ3) is 4.31. The van der Waals surface area contributed by atoms with Gasteiger partial charge in [0.2, 0.25) is 0 Å². The lowest BCUT2D eigenvalue weighted by atomic mass is 10.1. The predicted molar refractivity (Wildman–Crippen MR) is 82.6 cm³/mol. The molecule has 0 saturated carbocycles. The summed E-state index contributed by atoms with van der Waals surface area (Å²) in [5.74, 6) is 7.73. The molecule has 0 aromatic carbocycles. The molecule has 1 rings (SSSR count). The highest BCUT2D eigenvalue weighted by Crippen LogP contribution is 2.21. The van der Waals surface area contributed by atoms with Crippen molar-refractivity contribution in [3.63, 3.8) is 0 Å². The molecule has 1 aromatic rings. The first kappa shape index (κ1) is 16.7. The van der Waals surface area contributed by atoms with Crippen LogP contribution in [0.2, 0.25) is 0 Å². The van der Waals surface area contributed by atoms with Crippen LogP contribution in [0.4, 0.5) is 11.6 Å². The van der Waals surface area contributed by atoms with E-state index in [-0.39, 0.29) is 6.61 Å². The van der Waals surface area contributed by atoms with E-state index in [4.69, 9.17) is 5.84 Å². The van der Waals surface area contributed by atoms with Gasteiger partial charge in [0.05, 0.1) is 6.61 Å². The molecular formula is C14H27N5O. The number of hydrogen-bond acceptors (Lipinski definition) is 6. The molecule has 0 aliphatic heterocycles. The SMILES string of the molecule is CCCc1nc(NN)cc(N(CCO)C(CC)CC)n1. The van der Waals surface area contributed by atoms with E-state index in [0.717, 1.165) is 37.3 Å². The van der Waals surface area contributed by atoms with Crippen molar-refractivity contribution in [1.29, 1.82) is 0 Å². The number of aryl methyl sites for hydroxylation is 1. The summed E-state index contributed by atoms with van der Waals surface area (Å²) in [6.07, 6.45) is 3.82. The molecule has 0 atom stereocenters. The van der Waals surface area contributed by atoms with Crippen LogP contribution in [0, 0.1) is 0 Å². The first-order valence-corrected chi connectivity index (χ1v) is 7.42. The fourth-order valence-corrected chi connectivity index (χ4v) is 2.36.